The second kappa shape index (κ2) is 29.5. The van der Waals surface area contributed by atoms with Crippen LogP contribution in [0.3, 0.4) is 0 Å². The van der Waals surface area contributed by atoms with E-state index in [2.05, 4.69) is 0 Å². The van der Waals surface area contributed by atoms with E-state index in [9.17, 15) is 53.3 Å². The van der Waals surface area contributed by atoms with Crippen LogP contribution in [0.4, 0.5) is 5.69 Å². The number of carbonyl (C=O) groups is 3. The molecule has 0 aromatic heterocycles. The third-order valence-electron chi connectivity index (χ3n) is 12.8. The van der Waals surface area contributed by atoms with Crippen molar-refractivity contribution in [2.45, 2.75) is 88.4 Å². The summed E-state index contributed by atoms with van der Waals surface area (Å²) in [6.07, 6.45) is 5.06. The van der Waals surface area contributed by atoms with Gasteiger partial charge in [0.15, 0.2) is 6.54 Å². The first-order valence-electron chi connectivity index (χ1n) is 25.6. The highest BCUT2D eigenvalue weighted by Crippen LogP contribution is 2.51. The lowest BCUT2D eigenvalue weighted by Gasteiger charge is -2.30. The molecule has 4 aliphatic rings. The van der Waals surface area contributed by atoms with Crippen molar-refractivity contribution < 1.29 is 91.0 Å². The Balaban J connectivity index is 1.40. The summed E-state index contributed by atoms with van der Waals surface area (Å²) in [7, 11) is -11.7. The van der Waals surface area contributed by atoms with Crippen LogP contribution in [0.1, 0.15) is 89.5 Å². The summed E-state index contributed by atoms with van der Waals surface area (Å²) >= 11 is 0. The smallest absolute Gasteiger partial charge is 0.333 e. The minimum absolute atomic E-state index is 0.0335. The van der Waals surface area contributed by atoms with Gasteiger partial charge in [-0.15, -0.1) is 5.06 Å². The molecule has 3 aliphatic heterocycles. The van der Waals surface area contributed by atoms with Gasteiger partial charge in [0.25, 0.3) is 42.2 Å². The summed E-state index contributed by atoms with van der Waals surface area (Å²) in [4.78, 5) is 43.7. The van der Waals surface area contributed by atoms with Crippen LogP contribution in [-0.2, 0) is 88.8 Å². The molecular formula is C52H74N3O20S3+. The number of amides is 2. The zero-order chi connectivity index (χ0) is 57.2. The van der Waals surface area contributed by atoms with E-state index in [1.54, 1.807) is 37.2 Å². The number of rotatable bonds is 34. The van der Waals surface area contributed by atoms with E-state index in [4.69, 9.17) is 37.7 Å². The number of carbonyl (C=O) groups excluding carboxylic acids is 3. The topological polar surface area (TPSA) is 302 Å². The molecule has 5 rings (SSSR count). The van der Waals surface area contributed by atoms with Crippen molar-refractivity contribution in [1.29, 1.82) is 0 Å². The lowest BCUT2D eigenvalue weighted by molar-refractivity contribution is -0.197. The largest absolute Gasteiger partial charge is 0.456 e. The van der Waals surface area contributed by atoms with E-state index in [-0.39, 0.29) is 71.2 Å². The van der Waals surface area contributed by atoms with Gasteiger partial charge in [0.1, 0.15) is 24.7 Å². The Morgan fingerprint density at radius 3 is 1.88 bits per heavy atom. The van der Waals surface area contributed by atoms with E-state index in [0.717, 1.165) is 11.1 Å². The number of anilines is 1. The van der Waals surface area contributed by atoms with Gasteiger partial charge in [-0.3, -0.25) is 23.2 Å². The van der Waals surface area contributed by atoms with Gasteiger partial charge in [-0.25, -0.2) is 9.37 Å². The Labute approximate surface area is 456 Å². The number of benzene rings is 2. The lowest BCUT2D eigenvalue weighted by Crippen LogP contribution is -2.35. The SMILES string of the molecule is COCCOCCOCCOCCOCCOCC[N+](CCCS(=O)(=O)O)=c1ccc2c(C(C)(C)C)cc(/C=C/C=C3/N(CCCS(=O)(=O)O)c4ccc(S(=O)(=O)O)cc4C3(C)CCCC(=O)ON3C(=O)CCC3=O)oc-2c1. The molecule has 434 valence electrons. The van der Waals surface area contributed by atoms with Gasteiger partial charge >= 0.3 is 5.97 Å². The summed E-state index contributed by atoms with van der Waals surface area (Å²) < 4.78 is 143. The molecule has 1 atom stereocenters. The van der Waals surface area contributed by atoms with Crippen LogP contribution < -0.4 is 14.8 Å². The Morgan fingerprint density at radius 2 is 1.32 bits per heavy atom. The van der Waals surface area contributed by atoms with Crippen molar-refractivity contribution in [2.24, 2.45) is 0 Å². The molecule has 0 saturated carbocycles. The molecule has 23 nitrogen and oxygen atoms in total. The number of methoxy groups -OCH3 is 1. The average molecular weight is 1160 g/mol. The van der Waals surface area contributed by atoms with Crippen LogP contribution >= 0.6 is 0 Å². The number of hydroxylamine groups is 2. The Hall–Kier alpha value is -4.97. The number of nitrogens with zero attached hydrogens (tertiary/aromatic N) is 3. The van der Waals surface area contributed by atoms with Crippen LogP contribution in [0.2, 0.25) is 0 Å². The second-order valence-electron chi connectivity index (χ2n) is 19.8. The fraction of sp³-hybridized carbons (Fsp3) is 0.577. The maximum atomic E-state index is 12.9. The van der Waals surface area contributed by atoms with Gasteiger partial charge in [-0.2, -0.15) is 25.3 Å². The van der Waals surface area contributed by atoms with Crippen molar-refractivity contribution >= 4 is 59.9 Å². The fourth-order valence-corrected chi connectivity index (χ4v) is 10.4. The van der Waals surface area contributed by atoms with Crippen LogP contribution in [0.15, 0.2) is 69.6 Å². The molecule has 2 amide bonds. The number of hydrogen-bond acceptors (Lipinski definition) is 18. The third kappa shape index (κ3) is 20.0. The summed E-state index contributed by atoms with van der Waals surface area (Å²) in [5, 5.41) is 1.14. The maximum Gasteiger partial charge on any atom is 0.333 e. The van der Waals surface area contributed by atoms with Crippen molar-refractivity contribution in [2.75, 3.05) is 116 Å². The summed E-state index contributed by atoms with van der Waals surface area (Å²) in [5.74, 6) is -2.26. The molecule has 0 radical (unpaired) electrons. The second-order valence-corrected chi connectivity index (χ2v) is 24.3. The van der Waals surface area contributed by atoms with E-state index in [1.807, 2.05) is 49.6 Å². The first-order chi connectivity index (χ1) is 36.8. The predicted octanol–water partition coefficient (Wildman–Crippen LogP) is 4.44. The minimum atomic E-state index is -4.71. The number of fused-ring (bicyclic) bond motifs is 2. The molecule has 3 heterocycles. The highest BCUT2D eigenvalue weighted by atomic mass is 32.2. The third-order valence-corrected chi connectivity index (χ3v) is 15.2. The van der Waals surface area contributed by atoms with E-state index >= 15 is 0 Å². The molecule has 1 aromatic carbocycles. The van der Waals surface area contributed by atoms with Crippen LogP contribution in [0.25, 0.3) is 17.4 Å². The monoisotopic (exact) mass is 1160 g/mol. The number of imide groups is 1. The number of hydrogen-bond donors (Lipinski definition) is 3. The van der Waals surface area contributed by atoms with Gasteiger partial charge in [0, 0.05) is 67.8 Å². The summed E-state index contributed by atoms with van der Waals surface area (Å²) in [6, 6.07) is 11.6. The Morgan fingerprint density at radius 1 is 0.744 bits per heavy atom. The highest BCUT2D eigenvalue weighted by molar-refractivity contribution is 7.86. The van der Waals surface area contributed by atoms with Gasteiger partial charge in [-0.05, 0) is 85.2 Å². The van der Waals surface area contributed by atoms with Crippen molar-refractivity contribution in [3.63, 3.8) is 0 Å². The van der Waals surface area contributed by atoms with E-state index < -0.39 is 75.4 Å². The first kappa shape index (κ1) is 63.9. The molecule has 1 unspecified atom stereocenters. The van der Waals surface area contributed by atoms with Crippen LogP contribution in [0.5, 0.6) is 0 Å². The van der Waals surface area contributed by atoms with Gasteiger partial charge in [0.2, 0.25) is 5.36 Å². The molecule has 0 bridgehead atoms. The predicted molar refractivity (Wildman–Crippen MR) is 286 cm³/mol. The summed E-state index contributed by atoms with van der Waals surface area (Å²) in [6.45, 7) is 13.0. The molecule has 0 spiro atoms. The van der Waals surface area contributed by atoms with E-state index in [0.29, 0.717) is 105 Å². The Bertz CT molecular complexity index is 2950. The standard InChI is InChI=1S/C52H73N3O20S3/c1-51(2,3)43-37-40(74-46-36-39(13-15-42(43)46)53(20-8-34-76(59,60)61)22-23-69-26-27-71-30-31-73-33-32-72-29-28-70-25-24-68-5)10-6-11-47-52(4,19-7-12-50(58)75-55-48(56)17-18-49(55)57)44-38-41(78(65,66)67)14-16-45(44)54(47)21-9-35-77(62,63)64/h6,10-11,13-16,36-38H,7-9,12,17-35H2,1-5H3,(H2-,59,60,61,62,63,64,65,66,67)/p+1. The maximum absolute atomic E-state index is 12.9. The van der Waals surface area contributed by atoms with Gasteiger partial charge in [-0.1, -0.05) is 26.8 Å². The molecule has 1 aliphatic carbocycles. The van der Waals surface area contributed by atoms with Crippen LogP contribution in [-0.4, -0.2) is 173 Å². The lowest BCUT2D eigenvalue weighted by atomic mass is 9.77. The minimum Gasteiger partial charge on any atom is -0.456 e. The average Bonchev–Trinajstić information content (AvgIpc) is 3.87. The summed E-state index contributed by atoms with van der Waals surface area (Å²) in [5.41, 5.74) is 1.65. The molecule has 3 N–H and O–H groups in total. The molecule has 1 saturated heterocycles. The van der Waals surface area contributed by atoms with Crippen molar-refractivity contribution in [3.8, 4) is 11.3 Å². The highest BCUT2D eigenvalue weighted by Gasteiger charge is 2.44. The molecular weight excluding hydrogens is 1080 g/mol. The molecule has 1 aromatic rings. The van der Waals surface area contributed by atoms with Crippen molar-refractivity contribution in [1.82, 2.24) is 9.64 Å². The van der Waals surface area contributed by atoms with E-state index in [1.165, 1.54) is 18.2 Å². The van der Waals surface area contributed by atoms with Gasteiger partial charge < -0.3 is 42.6 Å². The first-order valence-corrected chi connectivity index (χ1v) is 30.3. The quantitative estimate of drug-likeness (QED) is 0.0322. The Kier molecular flexibility index (Phi) is 24.1. The molecule has 78 heavy (non-hydrogen) atoms. The van der Waals surface area contributed by atoms with Crippen molar-refractivity contribution in [3.05, 3.63) is 82.6 Å². The normalized spacial score (nSPS) is 17.3. The number of allylic oxidation sites excluding steroid dienone is 3. The zero-order valence-corrected chi connectivity index (χ0v) is 47.3. The molecule has 26 heteroatoms. The van der Waals surface area contributed by atoms with Gasteiger partial charge in [0.05, 0.1) is 88.5 Å². The molecule has 1 fully saturated rings. The zero-order valence-electron chi connectivity index (χ0n) is 44.9. The van der Waals surface area contributed by atoms with Crippen LogP contribution in [0, 0.1) is 0 Å². The fourth-order valence-electron chi connectivity index (χ4n) is 8.93. The number of ether oxygens (including phenoxy) is 6.